The topological polar surface area (TPSA) is 78.8 Å². The van der Waals surface area contributed by atoms with Crippen LogP contribution in [-0.2, 0) is 12.8 Å². The highest BCUT2D eigenvalue weighted by molar-refractivity contribution is 9.10. The molecule has 0 spiro atoms. The van der Waals surface area contributed by atoms with Crippen molar-refractivity contribution in [1.29, 1.82) is 5.26 Å². The minimum Gasteiger partial charge on any atom is -0.478 e. The molecule has 5 nitrogen and oxygen atoms in total. The molecule has 0 saturated carbocycles. The third-order valence-corrected chi connectivity index (χ3v) is 6.38. The first-order chi connectivity index (χ1) is 12.7. The standard InChI is InChI=1S/C19H16BrN3O2S/c20-13-10-11(6-7-14(13)25-9-8-21)17-22-18(24)16-12-4-2-1-3-5-15(12)26-19(16)23-17/h6-7,10H,1-5,9H2,(H,22,23,24). The number of H-pyrrole nitrogens is 1. The zero-order chi connectivity index (χ0) is 18.1. The van der Waals surface area contributed by atoms with Crippen LogP contribution < -0.4 is 10.3 Å². The lowest BCUT2D eigenvalue weighted by Gasteiger charge is -2.07. The van der Waals surface area contributed by atoms with Gasteiger partial charge in [-0.3, -0.25) is 4.79 Å². The number of aromatic nitrogens is 2. The summed E-state index contributed by atoms with van der Waals surface area (Å²) in [7, 11) is 0. The molecule has 0 amide bonds. The maximum Gasteiger partial charge on any atom is 0.260 e. The van der Waals surface area contributed by atoms with E-state index >= 15 is 0 Å². The molecule has 0 bridgehead atoms. The van der Waals surface area contributed by atoms with Gasteiger partial charge in [0.25, 0.3) is 5.56 Å². The Kier molecular flexibility index (Phi) is 4.79. The van der Waals surface area contributed by atoms with Gasteiger partial charge in [-0.25, -0.2) is 4.98 Å². The first-order valence-electron chi connectivity index (χ1n) is 8.51. The Labute approximate surface area is 162 Å². The van der Waals surface area contributed by atoms with E-state index < -0.39 is 0 Å². The lowest BCUT2D eigenvalue weighted by molar-refractivity contribution is 0.366. The predicted octanol–water partition coefficient (Wildman–Crippen LogP) is 4.59. The molecular weight excluding hydrogens is 414 g/mol. The van der Waals surface area contributed by atoms with Gasteiger partial charge >= 0.3 is 0 Å². The van der Waals surface area contributed by atoms with Gasteiger partial charge in [0.05, 0.1) is 9.86 Å². The molecule has 1 N–H and O–H groups in total. The van der Waals surface area contributed by atoms with Crippen molar-refractivity contribution in [3.8, 4) is 23.2 Å². The van der Waals surface area contributed by atoms with Crippen LogP contribution in [0.25, 0.3) is 21.6 Å². The number of aromatic amines is 1. The highest BCUT2D eigenvalue weighted by Gasteiger charge is 2.19. The summed E-state index contributed by atoms with van der Waals surface area (Å²) >= 11 is 5.10. The van der Waals surface area contributed by atoms with Gasteiger partial charge in [0, 0.05) is 10.4 Å². The van der Waals surface area contributed by atoms with Crippen LogP contribution in [0.15, 0.2) is 27.5 Å². The zero-order valence-electron chi connectivity index (χ0n) is 14.0. The summed E-state index contributed by atoms with van der Waals surface area (Å²) in [5.41, 5.74) is 1.93. The van der Waals surface area contributed by atoms with E-state index in [1.165, 1.54) is 23.3 Å². The molecule has 1 aliphatic rings. The molecule has 1 aliphatic carbocycles. The molecule has 0 saturated heterocycles. The van der Waals surface area contributed by atoms with E-state index in [0.717, 1.165) is 39.5 Å². The van der Waals surface area contributed by atoms with Crippen molar-refractivity contribution in [2.45, 2.75) is 32.1 Å². The van der Waals surface area contributed by atoms with Gasteiger partial charge in [-0.2, -0.15) is 5.26 Å². The minimum absolute atomic E-state index is 0.0141. The number of nitrogens with one attached hydrogen (secondary N) is 1. The maximum atomic E-state index is 12.8. The van der Waals surface area contributed by atoms with Crippen LogP contribution in [0.3, 0.4) is 0 Å². The molecule has 2 heterocycles. The Balaban J connectivity index is 1.77. The summed E-state index contributed by atoms with van der Waals surface area (Å²) in [5, 5.41) is 9.40. The Bertz CT molecular complexity index is 1080. The third kappa shape index (κ3) is 3.15. The average Bonchev–Trinajstić information content (AvgIpc) is 2.83. The monoisotopic (exact) mass is 429 g/mol. The molecule has 0 atom stereocenters. The smallest absolute Gasteiger partial charge is 0.260 e. The maximum absolute atomic E-state index is 12.8. The van der Waals surface area contributed by atoms with E-state index in [2.05, 4.69) is 20.9 Å². The Hall–Kier alpha value is -2.17. The van der Waals surface area contributed by atoms with E-state index in [9.17, 15) is 4.79 Å². The Morgan fingerprint density at radius 2 is 2.15 bits per heavy atom. The highest BCUT2D eigenvalue weighted by atomic mass is 79.9. The molecule has 0 fully saturated rings. The molecule has 2 aromatic heterocycles. The van der Waals surface area contributed by atoms with E-state index in [1.54, 1.807) is 17.4 Å². The number of rotatable bonds is 3. The van der Waals surface area contributed by atoms with Crippen LogP contribution in [0.1, 0.15) is 29.7 Å². The number of aryl methyl sites for hydroxylation is 2. The lowest BCUT2D eigenvalue weighted by Crippen LogP contribution is -2.10. The fourth-order valence-electron chi connectivity index (χ4n) is 3.35. The first kappa shape index (κ1) is 17.3. The molecule has 0 unspecified atom stereocenters. The van der Waals surface area contributed by atoms with Crippen LogP contribution in [0, 0.1) is 11.3 Å². The quantitative estimate of drug-likeness (QED) is 0.617. The van der Waals surface area contributed by atoms with E-state index in [1.807, 2.05) is 18.2 Å². The number of fused-ring (bicyclic) bond motifs is 3. The number of hydrogen-bond acceptors (Lipinski definition) is 5. The fraction of sp³-hybridized carbons (Fsp3) is 0.316. The van der Waals surface area contributed by atoms with E-state index in [-0.39, 0.29) is 12.2 Å². The number of nitrogens with zero attached hydrogens (tertiary/aromatic N) is 2. The number of hydrogen-bond donors (Lipinski definition) is 1. The summed E-state index contributed by atoms with van der Waals surface area (Å²) in [6.07, 6.45) is 5.55. The van der Waals surface area contributed by atoms with Gasteiger partial charge in [0.2, 0.25) is 0 Å². The second-order valence-electron chi connectivity index (χ2n) is 6.25. The largest absolute Gasteiger partial charge is 0.478 e. The van der Waals surface area contributed by atoms with Crippen molar-refractivity contribution >= 4 is 37.5 Å². The third-order valence-electron chi connectivity index (χ3n) is 4.57. The van der Waals surface area contributed by atoms with Crippen LogP contribution in [-0.4, -0.2) is 16.6 Å². The van der Waals surface area contributed by atoms with Crippen molar-refractivity contribution < 1.29 is 4.74 Å². The molecule has 3 aromatic rings. The van der Waals surface area contributed by atoms with Gasteiger partial charge in [-0.05, 0) is 65.4 Å². The summed E-state index contributed by atoms with van der Waals surface area (Å²) in [6, 6.07) is 7.39. The van der Waals surface area contributed by atoms with Gasteiger partial charge in [0.15, 0.2) is 6.61 Å². The number of nitriles is 1. The van der Waals surface area contributed by atoms with E-state index in [4.69, 9.17) is 15.0 Å². The molecule has 0 aliphatic heterocycles. The number of ether oxygens (including phenoxy) is 1. The normalized spacial score (nSPS) is 13.8. The predicted molar refractivity (Wildman–Crippen MR) is 106 cm³/mol. The van der Waals surface area contributed by atoms with Crippen molar-refractivity contribution in [2.75, 3.05) is 6.61 Å². The molecule has 0 radical (unpaired) electrons. The Morgan fingerprint density at radius 1 is 1.31 bits per heavy atom. The molecule has 132 valence electrons. The van der Waals surface area contributed by atoms with Gasteiger partial charge in [-0.1, -0.05) is 6.42 Å². The second-order valence-corrected chi connectivity index (χ2v) is 8.19. The molecular formula is C19H16BrN3O2S. The number of halogens is 1. The Morgan fingerprint density at radius 3 is 2.96 bits per heavy atom. The van der Waals surface area contributed by atoms with Crippen molar-refractivity contribution in [3.63, 3.8) is 0 Å². The second kappa shape index (κ2) is 7.22. The summed E-state index contributed by atoms with van der Waals surface area (Å²) < 4.78 is 6.06. The van der Waals surface area contributed by atoms with Gasteiger partial charge < -0.3 is 9.72 Å². The minimum atomic E-state index is -0.0645. The van der Waals surface area contributed by atoms with Gasteiger partial charge in [0.1, 0.15) is 22.5 Å². The number of benzene rings is 1. The van der Waals surface area contributed by atoms with Crippen LogP contribution >= 0.6 is 27.3 Å². The SMILES string of the molecule is N#CCOc1ccc(-c2nc3sc4c(c3c(=O)[nH]2)CCCCC4)cc1Br. The summed E-state index contributed by atoms with van der Waals surface area (Å²) in [5.74, 6) is 1.13. The van der Waals surface area contributed by atoms with E-state index in [0.29, 0.717) is 11.6 Å². The van der Waals surface area contributed by atoms with Crippen molar-refractivity contribution in [1.82, 2.24) is 9.97 Å². The highest BCUT2D eigenvalue weighted by Crippen LogP contribution is 2.34. The summed E-state index contributed by atoms with van der Waals surface area (Å²) in [6.45, 7) is -0.0141. The number of thiophene rings is 1. The summed E-state index contributed by atoms with van der Waals surface area (Å²) in [4.78, 5) is 22.5. The fourth-order valence-corrected chi connectivity index (χ4v) is 5.11. The molecule has 26 heavy (non-hydrogen) atoms. The molecule has 1 aromatic carbocycles. The van der Waals surface area contributed by atoms with Gasteiger partial charge in [-0.15, -0.1) is 11.3 Å². The van der Waals surface area contributed by atoms with Crippen molar-refractivity contribution in [3.05, 3.63) is 43.5 Å². The van der Waals surface area contributed by atoms with Crippen LogP contribution in [0.5, 0.6) is 5.75 Å². The molecule has 4 rings (SSSR count). The van der Waals surface area contributed by atoms with Crippen LogP contribution in [0.2, 0.25) is 0 Å². The zero-order valence-corrected chi connectivity index (χ0v) is 16.4. The van der Waals surface area contributed by atoms with Crippen LogP contribution in [0.4, 0.5) is 0 Å². The average molecular weight is 430 g/mol. The lowest BCUT2D eigenvalue weighted by atomic mass is 10.1. The first-order valence-corrected chi connectivity index (χ1v) is 10.1. The van der Waals surface area contributed by atoms with Crippen molar-refractivity contribution in [2.24, 2.45) is 0 Å². The molecule has 7 heteroatoms.